The summed E-state index contributed by atoms with van der Waals surface area (Å²) < 4.78 is 9.58. The molecular formula is C14H19NO4. The van der Waals surface area contributed by atoms with E-state index in [-0.39, 0.29) is 0 Å². The Morgan fingerprint density at radius 1 is 1.32 bits per heavy atom. The molecule has 1 aliphatic carbocycles. The first-order chi connectivity index (χ1) is 8.93. The molecule has 0 aromatic carbocycles. The number of rotatable bonds is 4. The van der Waals surface area contributed by atoms with Crippen LogP contribution < -0.4 is 5.32 Å². The van der Waals surface area contributed by atoms with Crippen LogP contribution in [0.25, 0.3) is 0 Å². The van der Waals surface area contributed by atoms with Crippen molar-refractivity contribution in [1.29, 1.82) is 0 Å². The Bertz CT molecular complexity index is 462. The Morgan fingerprint density at radius 2 is 2.00 bits per heavy atom. The van der Waals surface area contributed by atoms with Crippen molar-refractivity contribution in [2.45, 2.75) is 25.9 Å². The van der Waals surface area contributed by atoms with Crippen LogP contribution in [0, 0.1) is 0 Å². The number of esters is 1. The fraction of sp³-hybridized carbons (Fsp3) is 0.429. The van der Waals surface area contributed by atoms with Crippen molar-refractivity contribution in [2.24, 2.45) is 0 Å². The Kier molecular flexibility index (Phi) is 5.06. The second kappa shape index (κ2) is 6.33. The molecule has 0 saturated carbocycles. The SMILES string of the molecule is COC(=O)C(C)(OC)C(=O)NC1=CC=C(C)CC=C1. The molecule has 0 heterocycles. The molecule has 1 aliphatic rings. The molecule has 1 rings (SSSR count). The number of ether oxygens (including phenoxy) is 2. The van der Waals surface area contributed by atoms with Gasteiger partial charge in [-0.1, -0.05) is 17.7 Å². The van der Waals surface area contributed by atoms with Crippen LogP contribution >= 0.6 is 0 Å². The van der Waals surface area contributed by atoms with Gasteiger partial charge < -0.3 is 14.8 Å². The fourth-order valence-corrected chi connectivity index (χ4v) is 1.52. The molecule has 5 nitrogen and oxygen atoms in total. The molecule has 1 N–H and O–H groups in total. The van der Waals surface area contributed by atoms with E-state index in [2.05, 4.69) is 10.1 Å². The molecule has 0 saturated heterocycles. The number of methoxy groups -OCH3 is 2. The van der Waals surface area contributed by atoms with Crippen LogP contribution in [0.2, 0.25) is 0 Å². The summed E-state index contributed by atoms with van der Waals surface area (Å²) in [4.78, 5) is 23.7. The minimum atomic E-state index is -1.66. The summed E-state index contributed by atoms with van der Waals surface area (Å²) in [6.45, 7) is 3.37. The summed E-state index contributed by atoms with van der Waals surface area (Å²) >= 11 is 0. The van der Waals surface area contributed by atoms with Gasteiger partial charge in [0, 0.05) is 12.8 Å². The average Bonchev–Trinajstić information content (AvgIpc) is 2.61. The summed E-state index contributed by atoms with van der Waals surface area (Å²) in [5.41, 5.74) is 0.131. The van der Waals surface area contributed by atoms with E-state index in [1.165, 1.54) is 26.7 Å². The summed E-state index contributed by atoms with van der Waals surface area (Å²) in [5, 5.41) is 2.65. The van der Waals surface area contributed by atoms with E-state index >= 15 is 0 Å². The van der Waals surface area contributed by atoms with Crippen LogP contribution in [0.4, 0.5) is 0 Å². The minimum absolute atomic E-state index is 0.564. The van der Waals surface area contributed by atoms with E-state index in [4.69, 9.17) is 4.74 Å². The van der Waals surface area contributed by atoms with Crippen molar-refractivity contribution in [3.8, 4) is 0 Å². The van der Waals surface area contributed by atoms with Crippen LogP contribution in [0.5, 0.6) is 0 Å². The third-order valence-electron chi connectivity index (χ3n) is 2.96. The fourth-order valence-electron chi connectivity index (χ4n) is 1.52. The second-order valence-corrected chi connectivity index (χ2v) is 4.42. The predicted molar refractivity (Wildman–Crippen MR) is 71.2 cm³/mol. The summed E-state index contributed by atoms with van der Waals surface area (Å²) in [6, 6.07) is 0. The van der Waals surface area contributed by atoms with Crippen LogP contribution in [-0.4, -0.2) is 31.7 Å². The second-order valence-electron chi connectivity index (χ2n) is 4.42. The van der Waals surface area contributed by atoms with Crippen LogP contribution in [-0.2, 0) is 19.1 Å². The Morgan fingerprint density at radius 3 is 2.58 bits per heavy atom. The normalized spacial score (nSPS) is 17.7. The minimum Gasteiger partial charge on any atom is -0.466 e. The van der Waals surface area contributed by atoms with E-state index in [0.717, 1.165) is 6.42 Å². The highest BCUT2D eigenvalue weighted by atomic mass is 16.6. The molecule has 0 radical (unpaired) electrons. The average molecular weight is 265 g/mol. The van der Waals surface area contributed by atoms with Gasteiger partial charge in [0.05, 0.1) is 7.11 Å². The molecule has 0 aromatic heterocycles. The monoisotopic (exact) mass is 265 g/mol. The van der Waals surface area contributed by atoms with E-state index in [1.807, 2.05) is 19.1 Å². The summed E-state index contributed by atoms with van der Waals surface area (Å²) in [6.07, 6.45) is 8.25. The molecule has 1 atom stereocenters. The Hall–Kier alpha value is -1.88. The number of allylic oxidation sites excluding steroid dienone is 5. The molecular weight excluding hydrogens is 246 g/mol. The summed E-state index contributed by atoms with van der Waals surface area (Å²) in [5.74, 6) is -1.30. The van der Waals surface area contributed by atoms with Gasteiger partial charge in [0.15, 0.2) is 0 Å². The van der Waals surface area contributed by atoms with Crippen molar-refractivity contribution in [3.63, 3.8) is 0 Å². The highest BCUT2D eigenvalue weighted by Crippen LogP contribution is 2.14. The van der Waals surface area contributed by atoms with E-state index < -0.39 is 17.5 Å². The number of nitrogens with one attached hydrogen (secondary N) is 1. The third-order valence-corrected chi connectivity index (χ3v) is 2.96. The first-order valence-electron chi connectivity index (χ1n) is 5.93. The lowest BCUT2D eigenvalue weighted by atomic mass is 10.1. The Labute approximate surface area is 113 Å². The van der Waals surface area contributed by atoms with E-state index in [1.54, 1.807) is 12.2 Å². The zero-order valence-electron chi connectivity index (χ0n) is 11.6. The maximum atomic E-state index is 12.1. The molecule has 5 heteroatoms. The van der Waals surface area contributed by atoms with Gasteiger partial charge in [-0.2, -0.15) is 0 Å². The summed E-state index contributed by atoms with van der Waals surface area (Å²) in [7, 11) is 2.50. The number of carbonyl (C=O) groups excluding carboxylic acids is 2. The van der Waals surface area contributed by atoms with Gasteiger partial charge in [0.1, 0.15) is 0 Å². The molecule has 0 fully saturated rings. The number of amides is 1. The van der Waals surface area contributed by atoms with Gasteiger partial charge in [-0.3, -0.25) is 4.79 Å². The molecule has 104 valence electrons. The first-order valence-corrected chi connectivity index (χ1v) is 5.93. The Balaban J connectivity index is 2.87. The van der Waals surface area contributed by atoms with Gasteiger partial charge in [-0.05, 0) is 32.4 Å². The van der Waals surface area contributed by atoms with Crippen LogP contribution in [0.1, 0.15) is 20.3 Å². The van der Waals surface area contributed by atoms with Gasteiger partial charge in [0.2, 0.25) is 5.60 Å². The zero-order chi connectivity index (χ0) is 14.5. The zero-order valence-corrected chi connectivity index (χ0v) is 11.6. The maximum Gasteiger partial charge on any atom is 0.347 e. The van der Waals surface area contributed by atoms with Crippen molar-refractivity contribution in [1.82, 2.24) is 5.32 Å². The highest BCUT2D eigenvalue weighted by molar-refractivity contribution is 6.06. The van der Waals surface area contributed by atoms with Gasteiger partial charge in [0.25, 0.3) is 5.91 Å². The van der Waals surface area contributed by atoms with Crippen molar-refractivity contribution >= 4 is 11.9 Å². The van der Waals surface area contributed by atoms with Gasteiger partial charge in [-0.15, -0.1) is 0 Å². The highest BCUT2D eigenvalue weighted by Gasteiger charge is 2.43. The van der Waals surface area contributed by atoms with Crippen LogP contribution in [0.15, 0.2) is 35.6 Å². The molecule has 0 bridgehead atoms. The number of carbonyl (C=O) groups is 2. The van der Waals surface area contributed by atoms with Crippen molar-refractivity contribution < 1.29 is 19.1 Å². The molecule has 0 aromatic rings. The lowest BCUT2D eigenvalue weighted by Crippen LogP contribution is -2.52. The molecule has 0 spiro atoms. The number of hydrogen-bond acceptors (Lipinski definition) is 4. The molecule has 1 amide bonds. The topological polar surface area (TPSA) is 64.6 Å². The van der Waals surface area contributed by atoms with Crippen molar-refractivity contribution in [2.75, 3.05) is 14.2 Å². The number of hydrogen-bond donors (Lipinski definition) is 1. The van der Waals surface area contributed by atoms with Gasteiger partial charge in [-0.25, -0.2) is 4.79 Å². The third kappa shape index (κ3) is 3.54. The quantitative estimate of drug-likeness (QED) is 0.617. The van der Waals surface area contributed by atoms with Gasteiger partial charge >= 0.3 is 5.97 Å². The van der Waals surface area contributed by atoms with Crippen molar-refractivity contribution in [3.05, 3.63) is 35.6 Å². The lowest BCUT2D eigenvalue weighted by Gasteiger charge is -2.23. The lowest BCUT2D eigenvalue weighted by molar-refractivity contribution is -0.170. The smallest absolute Gasteiger partial charge is 0.347 e. The predicted octanol–water partition coefficient (Wildman–Crippen LogP) is 1.47. The van der Waals surface area contributed by atoms with Crippen LogP contribution in [0.3, 0.4) is 0 Å². The molecule has 1 unspecified atom stereocenters. The largest absolute Gasteiger partial charge is 0.466 e. The van der Waals surface area contributed by atoms with E-state index in [9.17, 15) is 9.59 Å². The molecule has 19 heavy (non-hydrogen) atoms. The first kappa shape index (κ1) is 15.2. The maximum absolute atomic E-state index is 12.1. The standard InChI is InChI=1S/C14H19NO4/c1-10-6-5-7-11(9-8-10)15-12(16)14(2,19-4)13(17)18-3/h5,7-9H,6H2,1-4H3,(H,15,16). The van der Waals surface area contributed by atoms with E-state index in [0.29, 0.717) is 5.70 Å². The molecule has 0 aliphatic heterocycles.